The van der Waals surface area contributed by atoms with Crippen LogP contribution in [0.25, 0.3) is 33.5 Å². The number of nitrogens with zero attached hydrogens (tertiary/aromatic N) is 4. The van der Waals surface area contributed by atoms with Crippen LogP contribution in [0.1, 0.15) is 54.2 Å². The fraction of sp³-hybridized carbons (Fsp3) is 0.312. The second-order valence-electron chi connectivity index (χ2n) is 11.3. The molecule has 0 bridgehead atoms. The number of amides is 1. The summed E-state index contributed by atoms with van der Waals surface area (Å²) >= 11 is 0. The lowest BCUT2D eigenvalue weighted by molar-refractivity contribution is -0.140. The van der Waals surface area contributed by atoms with Crippen molar-refractivity contribution in [3.8, 4) is 17.1 Å². The van der Waals surface area contributed by atoms with Crippen LogP contribution in [0.3, 0.4) is 0 Å². The molecule has 5 aromatic rings. The molecule has 1 fully saturated rings. The van der Waals surface area contributed by atoms with E-state index >= 15 is 0 Å². The summed E-state index contributed by atoms with van der Waals surface area (Å²) in [5, 5.41) is 31.4. The summed E-state index contributed by atoms with van der Waals surface area (Å²) < 4.78 is 14.2. The maximum Gasteiger partial charge on any atom is 0.341 e. The van der Waals surface area contributed by atoms with Crippen molar-refractivity contribution in [3.05, 3.63) is 66.4 Å². The summed E-state index contributed by atoms with van der Waals surface area (Å²) in [6.07, 6.45) is 9.86. The van der Waals surface area contributed by atoms with Crippen LogP contribution in [0.2, 0.25) is 0 Å². The number of hydrogen-bond acceptors (Lipinski definition) is 8. The topological polar surface area (TPSA) is 199 Å². The normalized spacial score (nSPS) is 14.3. The quantitative estimate of drug-likeness (QED) is 0.155. The molecule has 1 amide bonds. The van der Waals surface area contributed by atoms with Gasteiger partial charge < -0.3 is 38.9 Å². The Labute approximate surface area is 261 Å². The second-order valence-corrected chi connectivity index (χ2v) is 11.3. The number of nitrogens with one attached hydrogen (secondary N) is 1. The SMILES string of the molecule is O=C(O)COc1ccc2c(c1)c(CC(NC(=O)c1ccc3c(n1)nc(-c1ccoc1)n3C1CCCCC1)C(=O)O)cn2CC(=O)O. The van der Waals surface area contributed by atoms with Gasteiger partial charge in [0.2, 0.25) is 0 Å². The summed E-state index contributed by atoms with van der Waals surface area (Å²) in [6.45, 7) is -0.988. The van der Waals surface area contributed by atoms with Crippen molar-refractivity contribution in [2.45, 2.75) is 57.2 Å². The number of imidazole rings is 1. The van der Waals surface area contributed by atoms with Crippen LogP contribution in [0, 0.1) is 0 Å². The van der Waals surface area contributed by atoms with Crippen LogP contribution < -0.4 is 10.1 Å². The number of ether oxygens (including phenoxy) is 1. The Morgan fingerprint density at radius 1 is 0.978 bits per heavy atom. The summed E-state index contributed by atoms with van der Waals surface area (Å²) in [7, 11) is 0. The standard InChI is InChI=1S/C32H31N5O9/c38-27(39)15-36-14-19(22-13-21(6-8-25(22)36)46-17-28(40)41)12-24(32(43)44)34-31(42)23-7-9-26-29(33-23)35-30(18-10-11-45-16-18)37(26)20-4-2-1-3-5-20/h6-11,13-14,16,20,24H,1-5,12,15,17H2,(H,34,42)(H,38,39)(H,40,41)(H,43,44). The number of pyridine rings is 1. The van der Waals surface area contributed by atoms with E-state index in [-0.39, 0.29) is 23.9 Å². The van der Waals surface area contributed by atoms with E-state index in [9.17, 15) is 29.4 Å². The minimum Gasteiger partial charge on any atom is -0.482 e. The Morgan fingerprint density at radius 3 is 2.46 bits per heavy atom. The first-order chi connectivity index (χ1) is 22.2. The molecule has 4 N–H and O–H groups in total. The van der Waals surface area contributed by atoms with Crippen LogP contribution in [0.4, 0.5) is 0 Å². The van der Waals surface area contributed by atoms with Crippen LogP contribution in [-0.4, -0.2) is 70.9 Å². The first kappa shape index (κ1) is 30.4. The van der Waals surface area contributed by atoms with E-state index in [1.807, 2.05) is 6.07 Å². The number of rotatable bonds is 12. The number of aliphatic carboxylic acids is 3. The van der Waals surface area contributed by atoms with Gasteiger partial charge in [-0.1, -0.05) is 19.3 Å². The van der Waals surface area contributed by atoms with Crippen LogP contribution in [0.5, 0.6) is 5.75 Å². The molecule has 0 saturated heterocycles. The molecule has 4 heterocycles. The highest BCUT2D eigenvalue weighted by Gasteiger charge is 2.27. The highest BCUT2D eigenvalue weighted by atomic mass is 16.5. The van der Waals surface area contributed by atoms with Crippen molar-refractivity contribution in [2.24, 2.45) is 0 Å². The summed E-state index contributed by atoms with van der Waals surface area (Å²) in [6, 6.07) is 8.54. The van der Waals surface area contributed by atoms with Gasteiger partial charge in [0.25, 0.3) is 5.91 Å². The average molecular weight is 630 g/mol. The molecular formula is C32H31N5O9. The third-order valence-electron chi connectivity index (χ3n) is 8.14. The minimum absolute atomic E-state index is 0.0107. The number of furan rings is 1. The average Bonchev–Trinajstić information content (AvgIpc) is 3.77. The molecule has 1 unspecified atom stereocenters. The smallest absolute Gasteiger partial charge is 0.341 e. The number of carboxylic acid groups (broad SMARTS) is 3. The molecule has 1 aliphatic carbocycles. The van der Waals surface area contributed by atoms with E-state index in [2.05, 4.69) is 14.9 Å². The zero-order chi connectivity index (χ0) is 32.4. The number of carbonyl (C=O) groups is 4. The number of benzene rings is 1. The molecule has 46 heavy (non-hydrogen) atoms. The molecule has 14 heteroatoms. The van der Waals surface area contributed by atoms with Crippen molar-refractivity contribution < 1.29 is 43.7 Å². The third kappa shape index (κ3) is 6.27. The number of fused-ring (bicyclic) bond motifs is 2. The lowest BCUT2D eigenvalue weighted by Gasteiger charge is -2.25. The van der Waals surface area contributed by atoms with E-state index in [1.54, 1.807) is 30.7 Å². The molecule has 0 radical (unpaired) electrons. The minimum atomic E-state index is -1.40. The van der Waals surface area contributed by atoms with Crippen LogP contribution in [-0.2, 0) is 27.3 Å². The number of carbonyl (C=O) groups excluding carboxylic acids is 1. The van der Waals surface area contributed by atoms with Crippen molar-refractivity contribution in [3.63, 3.8) is 0 Å². The van der Waals surface area contributed by atoms with Gasteiger partial charge in [-0.25, -0.2) is 19.6 Å². The molecule has 0 aliphatic heterocycles. The maximum absolute atomic E-state index is 13.4. The Morgan fingerprint density at radius 2 is 1.76 bits per heavy atom. The van der Waals surface area contributed by atoms with Crippen molar-refractivity contribution >= 4 is 45.9 Å². The Kier molecular flexibility index (Phi) is 8.42. The molecule has 6 rings (SSSR count). The Hall–Kier alpha value is -5.66. The molecule has 4 aromatic heterocycles. The van der Waals surface area contributed by atoms with Gasteiger partial charge in [0.05, 0.1) is 17.3 Å². The summed E-state index contributed by atoms with van der Waals surface area (Å²) in [5.74, 6) is -3.42. The second kappa shape index (κ2) is 12.8. The monoisotopic (exact) mass is 629 g/mol. The first-order valence-corrected chi connectivity index (χ1v) is 14.8. The van der Waals surface area contributed by atoms with Crippen molar-refractivity contribution in [1.82, 2.24) is 24.4 Å². The van der Waals surface area contributed by atoms with E-state index in [4.69, 9.17) is 19.2 Å². The molecule has 1 saturated carbocycles. The van der Waals surface area contributed by atoms with E-state index in [0.29, 0.717) is 27.9 Å². The Bertz CT molecular complexity index is 1940. The fourth-order valence-electron chi connectivity index (χ4n) is 6.09. The van der Waals surface area contributed by atoms with Crippen molar-refractivity contribution in [2.75, 3.05) is 6.61 Å². The number of aromatic nitrogens is 4. The molecule has 0 spiro atoms. The van der Waals surface area contributed by atoms with Gasteiger partial charge in [0.15, 0.2) is 12.3 Å². The molecule has 1 aliphatic rings. The molecular weight excluding hydrogens is 598 g/mol. The predicted octanol–water partition coefficient (Wildman–Crippen LogP) is 4.12. The van der Waals surface area contributed by atoms with Gasteiger partial charge in [-0.3, -0.25) is 9.59 Å². The van der Waals surface area contributed by atoms with Gasteiger partial charge in [-0.15, -0.1) is 0 Å². The highest BCUT2D eigenvalue weighted by Crippen LogP contribution is 2.36. The van der Waals surface area contributed by atoms with Gasteiger partial charge in [0, 0.05) is 29.6 Å². The number of hydrogen-bond donors (Lipinski definition) is 4. The van der Waals surface area contributed by atoms with E-state index < -0.39 is 43.0 Å². The zero-order valence-electron chi connectivity index (χ0n) is 24.6. The summed E-state index contributed by atoms with van der Waals surface area (Å²) in [5.41, 5.74) is 2.80. The largest absolute Gasteiger partial charge is 0.482 e. The molecule has 14 nitrogen and oxygen atoms in total. The summed E-state index contributed by atoms with van der Waals surface area (Å²) in [4.78, 5) is 57.5. The van der Waals surface area contributed by atoms with E-state index in [0.717, 1.165) is 36.8 Å². The lowest BCUT2D eigenvalue weighted by Crippen LogP contribution is -2.42. The fourth-order valence-corrected chi connectivity index (χ4v) is 6.09. The molecule has 1 atom stereocenters. The third-order valence-corrected chi connectivity index (χ3v) is 8.14. The Balaban J connectivity index is 1.29. The zero-order valence-corrected chi connectivity index (χ0v) is 24.6. The molecule has 238 valence electrons. The van der Waals surface area contributed by atoms with Crippen molar-refractivity contribution in [1.29, 1.82) is 0 Å². The predicted molar refractivity (Wildman–Crippen MR) is 163 cm³/mol. The van der Waals surface area contributed by atoms with E-state index in [1.165, 1.54) is 29.3 Å². The van der Waals surface area contributed by atoms with Gasteiger partial charge >= 0.3 is 17.9 Å². The van der Waals surface area contributed by atoms with Gasteiger partial charge in [0.1, 0.15) is 36.1 Å². The van der Waals surface area contributed by atoms with Crippen LogP contribution in [0.15, 0.2) is 59.5 Å². The van der Waals surface area contributed by atoms with Gasteiger partial charge in [-0.2, -0.15) is 0 Å². The lowest BCUT2D eigenvalue weighted by atomic mass is 9.95. The van der Waals surface area contributed by atoms with Crippen LogP contribution >= 0.6 is 0 Å². The highest BCUT2D eigenvalue weighted by molar-refractivity contribution is 5.97. The maximum atomic E-state index is 13.4. The van der Waals surface area contributed by atoms with Gasteiger partial charge in [-0.05, 0) is 54.8 Å². The molecule has 1 aromatic carbocycles. The first-order valence-electron chi connectivity index (χ1n) is 14.8. The number of carboxylic acids is 3.